The molecule has 5 nitrogen and oxygen atoms in total. The molecule has 1 amide bonds. The third-order valence-electron chi connectivity index (χ3n) is 5.89. The van der Waals surface area contributed by atoms with E-state index in [1.807, 2.05) is 18.2 Å². The van der Waals surface area contributed by atoms with E-state index < -0.39 is 0 Å². The third kappa shape index (κ3) is 2.82. The fourth-order valence-electron chi connectivity index (χ4n) is 4.46. The number of ketones is 2. The lowest BCUT2D eigenvalue weighted by Crippen LogP contribution is -2.37. The monoisotopic (exact) mass is 396 g/mol. The number of para-hydroxylation sites is 1. The third-order valence-corrected chi connectivity index (χ3v) is 5.89. The van der Waals surface area contributed by atoms with Crippen molar-refractivity contribution in [3.05, 3.63) is 94.5 Å². The predicted octanol–water partition coefficient (Wildman–Crippen LogP) is 3.85. The number of nitrogens with one attached hydrogen (secondary N) is 1. The minimum Gasteiger partial charge on any atom is -0.359 e. The van der Waals surface area contributed by atoms with Crippen molar-refractivity contribution in [1.29, 1.82) is 0 Å². The molecule has 5 rings (SSSR count). The van der Waals surface area contributed by atoms with Crippen molar-refractivity contribution >= 4 is 28.8 Å². The first-order valence-corrected chi connectivity index (χ1v) is 10.0. The van der Waals surface area contributed by atoms with Crippen LogP contribution in [0.2, 0.25) is 0 Å². The normalized spacial score (nSPS) is 16.7. The summed E-state index contributed by atoms with van der Waals surface area (Å²) < 4.78 is 0. The van der Waals surface area contributed by atoms with Crippen molar-refractivity contribution in [1.82, 2.24) is 0 Å². The van der Waals surface area contributed by atoms with E-state index in [2.05, 4.69) is 23.2 Å². The van der Waals surface area contributed by atoms with Crippen LogP contribution in [0.15, 0.2) is 66.7 Å². The second-order valence-electron chi connectivity index (χ2n) is 7.79. The maximum atomic E-state index is 13.1. The van der Waals surface area contributed by atoms with Crippen LogP contribution in [0.1, 0.15) is 44.3 Å². The van der Waals surface area contributed by atoms with Crippen LogP contribution < -0.4 is 10.2 Å². The number of rotatable bonds is 3. The summed E-state index contributed by atoms with van der Waals surface area (Å²) in [6, 6.07) is 20.1. The van der Waals surface area contributed by atoms with Gasteiger partial charge in [0, 0.05) is 28.4 Å². The van der Waals surface area contributed by atoms with E-state index in [1.165, 1.54) is 5.56 Å². The first-order chi connectivity index (χ1) is 14.5. The molecule has 2 aliphatic rings. The zero-order valence-corrected chi connectivity index (χ0v) is 16.5. The van der Waals surface area contributed by atoms with Crippen LogP contribution in [0.25, 0.3) is 0 Å². The van der Waals surface area contributed by atoms with E-state index in [0.29, 0.717) is 22.4 Å². The number of amides is 1. The van der Waals surface area contributed by atoms with Crippen LogP contribution in [-0.4, -0.2) is 30.1 Å². The number of fused-ring (bicyclic) bond motifs is 3. The van der Waals surface area contributed by atoms with Crippen molar-refractivity contribution in [2.45, 2.75) is 19.4 Å². The predicted molar refractivity (Wildman–Crippen MR) is 115 cm³/mol. The molecule has 0 aromatic heterocycles. The molecule has 0 saturated heterocycles. The highest BCUT2D eigenvalue weighted by Crippen LogP contribution is 2.33. The SMILES string of the molecule is CC1Cc2ccccc2N1CC(=O)Nc1cccc2c1C(=O)c1ccccc1C2=O. The molecule has 3 aromatic carbocycles. The topological polar surface area (TPSA) is 66.5 Å². The maximum Gasteiger partial charge on any atom is 0.243 e. The fraction of sp³-hybridized carbons (Fsp3) is 0.160. The molecule has 1 heterocycles. The van der Waals surface area contributed by atoms with Crippen molar-refractivity contribution in [3.63, 3.8) is 0 Å². The van der Waals surface area contributed by atoms with Crippen LogP contribution >= 0.6 is 0 Å². The van der Waals surface area contributed by atoms with Gasteiger partial charge in [-0.25, -0.2) is 0 Å². The summed E-state index contributed by atoms with van der Waals surface area (Å²) in [4.78, 5) is 40.9. The lowest BCUT2D eigenvalue weighted by atomic mass is 9.83. The molecule has 0 fully saturated rings. The van der Waals surface area contributed by atoms with Crippen LogP contribution in [0, 0.1) is 0 Å². The van der Waals surface area contributed by atoms with E-state index in [1.54, 1.807) is 42.5 Å². The summed E-state index contributed by atoms with van der Waals surface area (Å²) in [5.74, 6) is -0.652. The van der Waals surface area contributed by atoms with Gasteiger partial charge in [0.15, 0.2) is 11.6 Å². The van der Waals surface area contributed by atoms with Gasteiger partial charge in [0.1, 0.15) is 0 Å². The standard InChI is InChI=1S/C25H20N2O3/c1-15-13-16-7-2-5-12-21(16)27(15)14-22(28)26-20-11-6-10-19-23(20)25(30)18-9-4-3-8-17(18)24(19)29/h2-12,15H,13-14H2,1H3,(H,26,28). The van der Waals surface area contributed by atoms with Crippen molar-refractivity contribution in [3.8, 4) is 0 Å². The Kier molecular flexibility index (Phi) is 4.24. The number of hydrogen-bond donors (Lipinski definition) is 1. The van der Waals surface area contributed by atoms with Gasteiger partial charge in [-0.2, -0.15) is 0 Å². The number of anilines is 2. The Morgan fingerprint density at radius 2 is 1.57 bits per heavy atom. The molecule has 1 N–H and O–H groups in total. The summed E-state index contributed by atoms with van der Waals surface area (Å²) in [6.07, 6.45) is 0.897. The van der Waals surface area contributed by atoms with Crippen molar-refractivity contribution in [2.24, 2.45) is 0 Å². The van der Waals surface area contributed by atoms with Gasteiger partial charge < -0.3 is 10.2 Å². The van der Waals surface area contributed by atoms with Gasteiger partial charge in [-0.1, -0.05) is 54.6 Å². The summed E-state index contributed by atoms with van der Waals surface area (Å²) in [5, 5.41) is 2.88. The fourth-order valence-corrected chi connectivity index (χ4v) is 4.46. The van der Waals surface area contributed by atoms with Crippen molar-refractivity contribution in [2.75, 3.05) is 16.8 Å². The molecule has 1 aliphatic carbocycles. The minimum atomic E-state index is -0.240. The Balaban J connectivity index is 1.44. The smallest absolute Gasteiger partial charge is 0.243 e. The Bertz CT molecular complexity index is 1210. The molecule has 5 heteroatoms. The van der Waals surface area contributed by atoms with Crippen LogP contribution in [0.4, 0.5) is 11.4 Å². The summed E-state index contributed by atoms with van der Waals surface area (Å²) in [6.45, 7) is 2.28. The molecule has 0 radical (unpaired) electrons. The summed E-state index contributed by atoms with van der Waals surface area (Å²) in [5.41, 5.74) is 4.05. The Labute approximate surface area is 174 Å². The zero-order chi connectivity index (χ0) is 20.8. The molecule has 1 unspecified atom stereocenters. The van der Waals surface area contributed by atoms with Gasteiger partial charge in [-0.3, -0.25) is 14.4 Å². The van der Waals surface area contributed by atoms with Gasteiger partial charge in [0.2, 0.25) is 5.91 Å². The van der Waals surface area contributed by atoms with Gasteiger partial charge >= 0.3 is 0 Å². The first-order valence-electron chi connectivity index (χ1n) is 10.0. The Hall–Kier alpha value is -3.73. The van der Waals surface area contributed by atoms with Crippen LogP contribution in [0.5, 0.6) is 0 Å². The lowest BCUT2D eigenvalue weighted by molar-refractivity contribution is -0.115. The van der Waals surface area contributed by atoms with E-state index in [4.69, 9.17) is 0 Å². The molecule has 0 spiro atoms. The molecule has 0 saturated carbocycles. The number of carbonyl (C=O) groups is 3. The Morgan fingerprint density at radius 1 is 0.900 bits per heavy atom. The highest BCUT2D eigenvalue weighted by atomic mass is 16.2. The molecular weight excluding hydrogens is 376 g/mol. The second-order valence-corrected chi connectivity index (χ2v) is 7.79. The number of carbonyl (C=O) groups excluding carboxylic acids is 3. The van der Waals surface area contributed by atoms with Gasteiger partial charge in [0.05, 0.1) is 17.8 Å². The molecule has 3 aromatic rings. The van der Waals surface area contributed by atoms with E-state index in [-0.39, 0.29) is 35.6 Å². The first kappa shape index (κ1) is 18.3. The quantitative estimate of drug-likeness (QED) is 0.571. The Morgan fingerprint density at radius 3 is 2.37 bits per heavy atom. The highest BCUT2D eigenvalue weighted by molar-refractivity contribution is 6.30. The number of hydrogen-bond acceptors (Lipinski definition) is 4. The highest BCUT2D eigenvalue weighted by Gasteiger charge is 2.32. The maximum absolute atomic E-state index is 13.1. The molecule has 148 valence electrons. The van der Waals surface area contributed by atoms with E-state index in [0.717, 1.165) is 12.1 Å². The van der Waals surface area contributed by atoms with E-state index >= 15 is 0 Å². The van der Waals surface area contributed by atoms with Gasteiger partial charge in [-0.15, -0.1) is 0 Å². The number of benzene rings is 3. The lowest BCUT2D eigenvalue weighted by Gasteiger charge is -2.25. The van der Waals surface area contributed by atoms with Gasteiger partial charge in [-0.05, 0) is 31.0 Å². The van der Waals surface area contributed by atoms with Gasteiger partial charge in [0.25, 0.3) is 0 Å². The molecule has 1 aliphatic heterocycles. The largest absolute Gasteiger partial charge is 0.359 e. The minimum absolute atomic E-state index is 0.181. The van der Waals surface area contributed by atoms with Crippen LogP contribution in [0.3, 0.4) is 0 Å². The zero-order valence-electron chi connectivity index (χ0n) is 16.5. The average molecular weight is 396 g/mol. The molecule has 0 bridgehead atoms. The van der Waals surface area contributed by atoms with Crippen molar-refractivity contribution < 1.29 is 14.4 Å². The summed E-state index contributed by atoms with van der Waals surface area (Å²) >= 11 is 0. The molecule has 1 atom stereocenters. The van der Waals surface area contributed by atoms with E-state index in [9.17, 15) is 14.4 Å². The molecular formula is C25H20N2O3. The summed E-state index contributed by atoms with van der Waals surface area (Å²) in [7, 11) is 0. The van der Waals surface area contributed by atoms with Crippen LogP contribution in [-0.2, 0) is 11.2 Å². The second kappa shape index (κ2) is 6.95. The number of nitrogens with zero attached hydrogens (tertiary/aromatic N) is 1. The average Bonchev–Trinajstić information content (AvgIpc) is 3.07. The molecule has 30 heavy (non-hydrogen) atoms.